The number of hydrogen-bond acceptors (Lipinski definition) is 6. The number of rotatable bonds is 4. The minimum absolute atomic E-state index is 0.350. The van der Waals surface area contributed by atoms with Gasteiger partial charge in [-0.05, 0) is 36.7 Å². The Morgan fingerprint density at radius 2 is 2.29 bits per heavy atom. The predicted octanol–water partition coefficient (Wildman–Crippen LogP) is 1.71. The van der Waals surface area contributed by atoms with Crippen LogP contribution in [0.4, 0.5) is 10.8 Å². The Balaban J connectivity index is 1.72. The summed E-state index contributed by atoms with van der Waals surface area (Å²) in [6.45, 7) is 0.843. The Hall–Kier alpha value is -1.01. The molecule has 94 valence electrons. The van der Waals surface area contributed by atoms with Crippen LogP contribution in [0.1, 0.15) is 19.3 Å². The molecule has 1 saturated carbocycles. The third kappa shape index (κ3) is 2.07. The lowest BCUT2D eigenvalue weighted by atomic mass is 10.1. The summed E-state index contributed by atoms with van der Waals surface area (Å²) in [7, 11) is 1.62. The number of nitrogens with two attached hydrogens (primary N) is 1. The number of hydrogen-bond donors (Lipinski definition) is 2. The maximum Gasteiger partial charge on any atom is 0.197 e. The molecule has 6 heteroatoms. The second-order valence-corrected chi connectivity index (χ2v) is 5.42. The van der Waals surface area contributed by atoms with Gasteiger partial charge in [0.25, 0.3) is 0 Å². The van der Waals surface area contributed by atoms with Crippen LogP contribution < -0.4 is 15.8 Å². The quantitative estimate of drug-likeness (QED) is 0.857. The fourth-order valence-electron chi connectivity index (χ4n) is 2.41. The first-order valence-electron chi connectivity index (χ1n) is 5.97. The van der Waals surface area contributed by atoms with Gasteiger partial charge in [0.15, 0.2) is 16.6 Å². The summed E-state index contributed by atoms with van der Waals surface area (Å²) in [5, 5.41) is 4.40. The number of nitrogens with zero attached hydrogens (tertiary/aromatic N) is 1. The summed E-state index contributed by atoms with van der Waals surface area (Å²) in [5.74, 6) is 1.87. The highest BCUT2D eigenvalue weighted by atomic mass is 32.1. The molecule has 1 aromatic rings. The molecule has 1 saturated heterocycles. The molecule has 17 heavy (non-hydrogen) atoms. The highest BCUT2D eigenvalue weighted by Crippen LogP contribution is 2.42. The molecule has 2 aliphatic rings. The van der Waals surface area contributed by atoms with Gasteiger partial charge in [-0.2, -0.15) is 4.37 Å². The molecule has 3 N–H and O–H groups in total. The molecule has 3 rings (SSSR count). The van der Waals surface area contributed by atoms with Crippen LogP contribution in [0.5, 0.6) is 5.75 Å². The summed E-state index contributed by atoms with van der Waals surface area (Å²) < 4.78 is 15.2. The Kier molecular flexibility index (Phi) is 2.84. The first-order valence-corrected chi connectivity index (χ1v) is 6.74. The third-order valence-corrected chi connectivity index (χ3v) is 4.19. The maximum absolute atomic E-state index is 5.79. The summed E-state index contributed by atoms with van der Waals surface area (Å²) in [6.07, 6.45) is 3.99. The minimum Gasteiger partial charge on any atom is -0.490 e. The molecule has 0 bridgehead atoms. The molecular formula is C11H17N3O2S. The van der Waals surface area contributed by atoms with Crippen LogP contribution in [0.25, 0.3) is 0 Å². The molecule has 0 amide bonds. The van der Waals surface area contributed by atoms with Crippen molar-refractivity contribution in [1.29, 1.82) is 0 Å². The third-order valence-electron chi connectivity index (χ3n) is 3.42. The first-order chi connectivity index (χ1) is 8.29. The molecule has 0 aromatic carbocycles. The second kappa shape index (κ2) is 4.34. The van der Waals surface area contributed by atoms with E-state index in [1.165, 1.54) is 24.4 Å². The SMILES string of the molecule is COc1c(N)nsc1NC1CCOC1C1CC1. The molecule has 2 unspecified atom stereocenters. The fraction of sp³-hybridized carbons (Fsp3) is 0.727. The van der Waals surface area contributed by atoms with Crippen LogP contribution in [-0.2, 0) is 4.74 Å². The largest absolute Gasteiger partial charge is 0.490 e. The van der Waals surface area contributed by atoms with Gasteiger partial charge in [-0.1, -0.05) is 0 Å². The molecule has 2 heterocycles. The monoisotopic (exact) mass is 255 g/mol. The number of anilines is 2. The highest BCUT2D eigenvalue weighted by Gasteiger charge is 2.41. The number of nitrogen functional groups attached to an aromatic ring is 1. The first kappa shape index (κ1) is 11.1. The summed E-state index contributed by atoms with van der Waals surface area (Å²) in [4.78, 5) is 0. The molecule has 0 radical (unpaired) electrons. The van der Waals surface area contributed by atoms with E-state index in [2.05, 4.69) is 9.69 Å². The van der Waals surface area contributed by atoms with Crippen molar-refractivity contribution in [2.24, 2.45) is 5.92 Å². The lowest BCUT2D eigenvalue weighted by molar-refractivity contribution is 0.0899. The standard InChI is InChI=1S/C11H17N3O2S/c1-15-9-10(12)14-17-11(9)13-7-4-5-16-8(7)6-2-3-6/h6-8,13H,2-5H2,1H3,(H2,12,14). The van der Waals surface area contributed by atoms with Crippen LogP contribution in [0, 0.1) is 5.92 Å². The summed E-state index contributed by atoms with van der Waals surface area (Å²) >= 11 is 1.36. The van der Waals surface area contributed by atoms with Crippen molar-refractivity contribution in [2.75, 3.05) is 24.8 Å². The molecule has 1 aliphatic carbocycles. The van der Waals surface area contributed by atoms with E-state index < -0.39 is 0 Å². The molecular weight excluding hydrogens is 238 g/mol. The Morgan fingerprint density at radius 1 is 1.47 bits per heavy atom. The fourth-order valence-corrected chi connectivity index (χ4v) is 3.15. The number of aromatic nitrogens is 1. The second-order valence-electron chi connectivity index (χ2n) is 4.64. The molecule has 2 atom stereocenters. The van der Waals surface area contributed by atoms with Gasteiger partial charge in [0.2, 0.25) is 0 Å². The van der Waals surface area contributed by atoms with Gasteiger partial charge >= 0.3 is 0 Å². The highest BCUT2D eigenvalue weighted by molar-refractivity contribution is 7.11. The predicted molar refractivity (Wildman–Crippen MR) is 67.6 cm³/mol. The van der Waals surface area contributed by atoms with E-state index in [-0.39, 0.29) is 0 Å². The normalized spacial score (nSPS) is 28.3. The van der Waals surface area contributed by atoms with Crippen molar-refractivity contribution < 1.29 is 9.47 Å². The Bertz CT molecular complexity index is 405. The Labute approximate surface area is 104 Å². The van der Waals surface area contributed by atoms with E-state index >= 15 is 0 Å². The number of nitrogens with one attached hydrogen (secondary N) is 1. The van der Waals surface area contributed by atoms with Crippen molar-refractivity contribution in [3.05, 3.63) is 0 Å². The lowest BCUT2D eigenvalue weighted by Gasteiger charge is -2.19. The Morgan fingerprint density at radius 3 is 3.00 bits per heavy atom. The van der Waals surface area contributed by atoms with Crippen molar-refractivity contribution >= 4 is 22.4 Å². The van der Waals surface area contributed by atoms with Gasteiger partial charge in [0.1, 0.15) is 0 Å². The average molecular weight is 255 g/mol. The van der Waals surface area contributed by atoms with Crippen molar-refractivity contribution in [3.63, 3.8) is 0 Å². The molecule has 1 aliphatic heterocycles. The van der Waals surface area contributed by atoms with Crippen LogP contribution >= 0.6 is 11.5 Å². The molecule has 1 aromatic heterocycles. The molecule has 0 spiro atoms. The minimum atomic E-state index is 0.350. The van der Waals surface area contributed by atoms with Crippen LogP contribution in [-0.4, -0.2) is 30.2 Å². The van der Waals surface area contributed by atoms with E-state index in [0.717, 1.165) is 23.9 Å². The lowest BCUT2D eigenvalue weighted by Crippen LogP contribution is -2.30. The van der Waals surface area contributed by atoms with Gasteiger partial charge in [0, 0.05) is 6.61 Å². The van der Waals surface area contributed by atoms with Crippen LogP contribution in [0.2, 0.25) is 0 Å². The van der Waals surface area contributed by atoms with Gasteiger partial charge in [-0.25, -0.2) is 0 Å². The van der Waals surface area contributed by atoms with Gasteiger partial charge < -0.3 is 20.5 Å². The van der Waals surface area contributed by atoms with Crippen molar-refractivity contribution in [3.8, 4) is 5.75 Å². The summed E-state index contributed by atoms with van der Waals surface area (Å²) in [6, 6.07) is 0.372. The van der Waals surface area contributed by atoms with E-state index in [1.807, 2.05) is 0 Å². The zero-order valence-electron chi connectivity index (χ0n) is 9.81. The topological polar surface area (TPSA) is 69.4 Å². The average Bonchev–Trinajstić information content (AvgIpc) is 2.97. The van der Waals surface area contributed by atoms with Gasteiger partial charge in [-0.3, -0.25) is 0 Å². The van der Waals surface area contributed by atoms with E-state index in [0.29, 0.717) is 23.7 Å². The molecule has 5 nitrogen and oxygen atoms in total. The molecule has 2 fully saturated rings. The maximum atomic E-state index is 5.79. The van der Waals surface area contributed by atoms with E-state index in [4.69, 9.17) is 15.2 Å². The van der Waals surface area contributed by atoms with Crippen molar-refractivity contribution in [1.82, 2.24) is 4.37 Å². The zero-order valence-corrected chi connectivity index (χ0v) is 10.6. The van der Waals surface area contributed by atoms with Crippen molar-refractivity contribution in [2.45, 2.75) is 31.4 Å². The van der Waals surface area contributed by atoms with E-state index in [9.17, 15) is 0 Å². The van der Waals surface area contributed by atoms with Crippen LogP contribution in [0.15, 0.2) is 0 Å². The van der Waals surface area contributed by atoms with Gasteiger partial charge in [-0.15, -0.1) is 0 Å². The zero-order chi connectivity index (χ0) is 11.8. The van der Waals surface area contributed by atoms with Crippen LogP contribution in [0.3, 0.4) is 0 Å². The van der Waals surface area contributed by atoms with Gasteiger partial charge in [0.05, 0.1) is 19.3 Å². The number of methoxy groups -OCH3 is 1. The smallest absolute Gasteiger partial charge is 0.197 e. The summed E-state index contributed by atoms with van der Waals surface area (Å²) in [5.41, 5.74) is 5.74. The van der Waals surface area contributed by atoms with E-state index in [1.54, 1.807) is 7.11 Å². The number of ether oxygens (including phenoxy) is 2.